The van der Waals surface area contributed by atoms with Gasteiger partial charge in [-0.2, -0.15) is 0 Å². The highest BCUT2D eigenvalue weighted by Gasteiger charge is 2.52. The summed E-state index contributed by atoms with van der Waals surface area (Å²) in [5.74, 6) is 2.17. The largest absolute Gasteiger partial charge is 0.497 e. The van der Waals surface area contributed by atoms with Gasteiger partial charge in [-0.25, -0.2) is 4.68 Å². The molecule has 1 saturated heterocycles. The molecule has 1 fully saturated rings. The van der Waals surface area contributed by atoms with Crippen LogP contribution < -0.4 is 15.2 Å². The minimum Gasteiger partial charge on any atom is -0.497 e. The van der Waals surface area contributed by atoms with Crippen LogP contribution in [0.1, 0.15) is 11.4 Å². The van der Waals surface area contributed by atoms with Crippen molar-refractivity contribution in [3.05, 3.63) is 59.7 Å². The summed E-state index contributed by atoms with van der Waals surface area (Å²) in [6, 6.07) is 8.72. The van der Waals surface area contributed by atoms with Crippen LogP contribution in [0.4, 0.5) is 0 Å². The Morgan fingerprint density at radius 3 is 2.79 bits per heavy atom. The predicted octanol–water partition coefficient (Wildman–Crippen LogP) is 1.16. The average molecular weight is 482 g/mol. The molecule has 176 valence electrons. The number of fused-ring (bicyclic) bond motifs is 1. The van der Waals surface area contributed by atoms with Gasteiger partial charge in [0.2, 0.25) is 0 Å². The van der Waals surface area contributed by atoms with Crippen molar-refractivity contribution in [2.75, 3.05) is 26.6 Å². The summed E-state index contributed by atoms with van der Waals surface area (Å²) < 4.78 is 18.4. The maximum absolute atomic E-state index is 12.7. The first-order chi connectivity index (χ1) is 16.6. The molecule has 2 atom stereocenters. The first kappa shape index (κ1) is 22.3. The Bertz CT molecular complexity index is 1230. The zero-order chi connectivity index (χ0) is 23.7. The number of pyridine rings is 1. The summed E-state index contributed by atoms with van der Waals surface area (Å²) in [6.45, 7) is 0.664. The molecule has 3 aromatic rings. The van der Waals surface area contributed by atoms with E-state index in [0.29, 0.717) is 41.9 Å². The van der Waals surface area contributed by atoms with E-state index in [4.69, 9.17) is 19.9 Å². The molecule has 0 unspecified atom stereocenters. The van der Waals surface area contributed by atoms with Crippen LogP contribution in [0.5, 0.6) is 11.5 Å². The molecule has 2 aliphatic rings. The van der Waals surface area contributed by atoms with Gasteiger partial charge in [0.1, 0.15) is 17.5 Å². The van der Waals surface area contributed by atoms with Gasteiger partial charge in [-0.15, -0.1) is 16.9 Å². The van der Waals surface area contributed by atoms with Crippen LogP contribution in [0.15, 0.2) is 53.2 Å². The lowest BCUT2D eigenvalue weighted by molar-refractivity contribution is -0.170. The molecule has 0 bridgehead atoms. The van der Waals surface area contributed by atoms with Crippen molar-refractivity contribution >= 4 is 23.4 Å². The normalized spacial score (nSPS) is 19.6. The Kier molecular flexibility index (Phi) is 6.18. The molecular formula is C22H23N7O4S. The Balaban J connectivity index is 1.50. The number of nitrogens with zero attached hydrogens (tertiary/aromatic N) is 6. The van der Waals surface area contributed by atoms with Crippen LogP contribution in [0.2, 0.25) is 0 Å². The molecule has 4 heterocycles. The van der Waals surface area contributed by atoms with E-state index >= 15 is 0 Å². The fourth-order valence-electron chi connectivity index (χ4n) is 3.93. The van der Waals surface area contributed by atoms with Gasteiger partial charge >= 0.3 is 0 Å². The van der Waals surface area contributed by atoms with Crippen molar-refractivity contribution in [2.24, 2.45) is 5.73 Å². The second-order valence-corrected chi connectivity index (χ2v) is 8.75. The highest BCUT2D eigenvalue weighted by molar-refractivity contribution is 7.99. The van der Waals surface area contributed by atoms with Crippen molar-refractivity contribution in [1.82, 2.24) is 30.1 Å². The molecule has 0 saturated carbocycles. The average Bonchev–Trinajstić information content (AvgIpc) is 3.34. The molecular weight excluding hydrogens is 458 g/mol. The SMILES string of the molecule is COc1ccc(Cn2nnnc2C2=C(CSc3ccncc3)CO[C@@H]3[C@H](N)C(=O)N23)c(OC)c1. The van der Waals surface area contributed by atoms with Crippen molar-refractivity contribution < 1.29 is 19.0 Å². The summed E-state index contributed by atoms with van der Waals surface area (Å²) in [4.78, 5) is 19.4. The van der Waals surface area contributed by atoms with Crippen molar-refractivity contribution in [3.63, 3.8) is 0 Å². The van der Waals surface area contributed by atoms with E-state index in [-0.39, 0.29) is 5.91 Å². The number of β-lactam (4-membered cyclic amide) rings is 1. The quantitative estimate of drug-likeness (QED) is 0.369. The monoisotopic (exact) mass is 481 g/mol. The Labute approximate surface area is 199 Å². The first-order valence-corrected chi connectivity index (χ1v) is 11.5. The van der Waals surface area contributed by atoms with E-state index in [0.717, 1.165) is 16.0 Å². The third kappa shape index (κ3) is 4.00. The van der Waals surface area contributed by atoms with Gasteiger partial charge in [0, 0.05) is 34.7 Å². The van der Waals surface area contributed by atoms with Gasteiger partial charge < -0.3 is 19.9 Å². The van der Waals surface area contributed by atoms with Gasteiger partial charge in [-0.3, -0.25) is 14.7 Å². The Hall–Kier alpha value is -3.48. The lowest BCUT2D eigenvalue weighted by Gasteiger charge is -2.48. The number of hydrogen-bond acceptors (Lipinski definition) is 10. The number of aromatic nitrogens is 5. The number of carbonyl (C=O) groups excluding carboxylic acids is 1. The minimum atomic E-state index is -0.699. The van der Waals surface area contributed by atoms with E-state index in [1.54, 1.807) is 54.0 Å². The summed E-state index contributed by atoms with van der Waals surface area (Å²) in [7, 11) is 3.20. The van der Waals surface area contributed by atoms with Crippen LogP contribution in [0.25, 0.3) is 5.70 Å². The molecule has 11 nitrogen and oxygen atoms in total. The molecule has 34 heavy (non-hydrogen) atoms. The van der Waals surface area contributed by atoms with E-state index < -0.39 is 12.3 Å². The summed E-state index contributed by atoms with van der Waals surface area (Å²) >= 11 is 1.62. The highest BCUT2D eigenvalue weighted by atomic mass is 32.2. The van der Waals surface area contributed by atoms with Crippen LogP contribution in [0.3, 0.4) is 0 Å². The van der Waals surface area contributed by atoms with Gasteiger partial charge in [0.25, 0.3) is 5.91 Å². The highest BCUT2D eigenvalue weighted by Crippen LogP contribution is 2.38. The number of carbonyl (C=O) groups is 1. The zero-order valence-corrected chi connectivity index (χ0v) is 19.4. The predicted molar refractivity (Wildman–Crippen MR) is 123 cm³/mol. The van der Waals surface area contributed by atoms with Crippen molar-refractivity contribution in [2.45, 2.75) is 23.7 Å². The fraction of sp³-hybridized carbons (Fsp3) is 0.318. The van der Waals surface area contributed by atoms with Crippen molar-refractivity contribution in [3.8, 4) is 11.5 Å². The number of methoxy groups -OCH3 is 2. The van der Waals surface area contributed by atoms with E-state index in [2.05, 4.69) is 20.5 Å². The van der Waals surface area contributed by atoms with Gasteiger partial charge in [-0.1, -0.05) is 0 Å². The number of rotatable bonds is 8. The number of amides is 1. The lowest BCUT2D eigenvalue weighted by Crippen LogP contribution is -2.70. The smallest absolute Gasteiger partial charge is 0.250 e. The number of benzene rings is 1. The van der Waals surface area contributed by atoms with E-state index in [9.17, 15) is 4.79 Å². The molecule has 12 heteroatoms. The molecule has 2 aliphatic heterocycles. The van der Waals surface area contributed by atoms with Gasteiger partial charge in [0.05, 0.1) is 33.1 Å². The number of hydrogen-bond donors (Lipinski definition) is 1. The maximum atomic E-state index is 12.7. The molecule has 2 N–H and O–H groups in total. The lowest BCUT2D eigenvalue weighted by atomic mass is 9.99. The molecule has 1 amide bonds. The van der Waals surface area contributed by atoms with Crippen LogP contribution in [0, 0.1) is 0 Å². The molecule has 0 aliphatic carbocycles. The number of nitrogens with two attached hydrogens (primary N) is 1. The fourth-order valence-corrected chi connectivity index (χ4v) is 4.81. The summed E-state index contributed by atoms with van der Waals surface area (Å²) in [5, 5.41) is 12.4. The molecule has 0 radical (unpaired) electrons. The second kappa shape index (κ2) is 9.41. The van der Waals surface area contributed by atoms with Crippen LogP contribution >= 0.6 is 11.8 Å². The first-order valence-electron chi connectivity index (χ1n) is 10.5. The van der Waals surface area contributed by atoms with Gasteiger partial charge in [-0.05, 0) is 40.3 Å². The van der Waals surface area contributed by atoms with E-state index in [1.807, 2.05) is 24.3 Å². The van der Waals surface area contributed by atoms with Crippen LogP contribution in [-0.2, 0) is 16.1 Å². The third-order valence-electron chi connectivity index (χ3n) is 5.71. The second-order valence-electron chi connectivity index (χ2n) is 7.70. The molecule has 0 spiro atoms. The number of tetrazole rings is 1. The summed E-state index contributed by atoms with van der Waals surface area (Å²) in [6.07, 6.45) is 2.95. The Morgan fingerprint density at radius 1 is 1.21 bits per heavy atom. The maximum Gasteiger partial charge on any atom is 0.250 e. The summed E-state index contributed by atoms with van der Waals surface area (Å²) in [5.41, 5.74) is 8.39. The third-order valence-corrected chi connectivity index (χ3v) is 6.81. The number of ether oxygens (including phenoxy) is 3. The van der Waals surface area contributed by atoms with Crippen molar-refractivity contribution in [1.29, 1.82) is 0 Å². The zero-order valence-electron chi connectivity index (χ0n) is 18.6. The minimum absolute atomic E-state index is 0.220. The number of thioether (sulfide) groups is 1. The topological polar surface area (TPSA) is 131 Å². The Morgan fingerprint density at radius 2 is 2.03 bits per heavy atom. The molecule has 1 aromatic carbocycles. The standard InChI is InChI=1S/C22H23N7O4S/c1-31-15-4-3-13(17(9-15)32-2)10-28-20(25-26-27-28)19-14(12-34-16-5-7-24-8-6-16)11-33-22-18(23)21(30)29(19)22/h3-9,18,22H,10-12,23H2,1-2H3/t18-,22-/m1/s1. The molecule has 5 rings (SSSR count). The van der Waals surface area contributed by atoms with Crippen LogP contribution in [-0.4, -0.2) is 74.8 Å². The van der Waals surface area contributed by atoms with E-state index in [1.165, 1.54) is 0 Å². The van der Waals surface area contributed by atoms with Gasteiger partial charge in [0.15, 0.2) is 12.1 Å². The molecule has 2 aromatic heterocycles.